The molecule has 0 aromatic rings. The van der Waals surface area contributed by atoms with Gasteiger partial charge in [-0.15, -0.1) is 0 Å². The highest BCUT2D eigenvalue weighted by Crippen LogP contribution is 2.45. The van der Waals surface area contributed by atoms with Crippen molar-refractivity contribution in [1.29, 1.82) is 0 Å². The zero-order valence-electron chi connectivity index (χ0n) is 12.9. The Labute approximate surface area is 167 Å². The first kappa shape index (κ1) is 19.3. The van der Waals surface area contributed by atoms with Crippen molar-refractivity contribution in [1.82, 2.24) is 0 Å². The molecule has 142 valence electrons. The molecule has 4 saturated heterocycles. The van der Waals surface area contributed by atoms with Gasteiger partial charge in [-0.3, -0.25) is 9.59 Å². The second kappa shape index (κ2) is 6.79. The summed E-state index contributed by atoms with van der Waals surface area (Å²) in [6.45, 7) is 0. The Morgan fingerprint density at radius 3 is 1.19 bits per heavy atom. The van der Waals surface area contributed by atoms with Gasteiger partial charge in [-0.05, 0) is 0 Å². The summed E-state index contributed by atoms with van der Waals surface area (Å²) in [4.78, 5) is 31.5. The van der Waals surface area contributed by atoms with Gasteiger partial charge in [-0.25, -0.2) is 16.8 Å². The number of hydrogen-bond donors (Lipinski definition) is 0. The number of carbonyl (C=O) groups is 2. The monoisotopic (exact) mass is 472 g/mol. The molecule has 4 aliphatic heterocycles. The molecule has 4 heterocycles. The Hall–Kier alpha value is -0.0200. The van der Waals surface area contributed by atoms with Crippen LogP contribution in [0.3, 0.4) is 0 Å². The molecule has 14 heteroatoms. The first-order valence-electron chi connectivity index (χ1n) is 7.43. The van der Waals surface area contributed by atoms with Crippen LogP contribution < -0.4 is 0 Å². The van der Waals surface area contributed by atoms with Crippen LogP contribution in [0.5, 0.6) is 0 Å². The first-order valence-corrected chi connectivity index (χ1v) is 14.6. The quantitative estimate of drug-likeness (QED) is 0.446. The van der Waals surface area contributed by atoms with Gasteiger partial charge in [0.15, 0.2) is 19.7 Å². The van der Waals surface area contributed by atoms with E-state index in [2.05, 4.69) is 9.98 Å². The van der Waals surface area contributed by atoms with Crippen LogP contribution in [-0.2, 0) is 29.3 Å². The molecule has 0 radical (unpaired) electrons. The largest absolute Gasteiger partial charge is 0.338 e. The number of aliphatic imine (C=N–C) groups is 2. The normalized spacial score (nSPS) is 36.6. The predicted molar refractivity (Wildman–Crippen MR) is 108 cm³/mol. The third-order valence-electron chi connectivity index (χ3n) is 4.08. The molecular weight excluding hydrogens is 461 g/mol. The van der Waals surface area contributed by atoms with Crippen LogP contribution in [0.1, 0.15) is 0 Å². The Kier molecular flexibility index (Phi) is 5.04. The fraction of sp³-hybridized carbons (Fsp3) is 0.667. The zero-order valence-corrected chi connectivity index (χ0v) is 17.8. The highest BCUT2D eigenvalue weighted by atomic mass is 32.2. The molecule has 4 rings (SSSR count). The fourth-order valence-electron chi connectivity index (χ4n) is 2.95. The predicted octanol–water partition coefficient (Wildman–Crippen LogP) is 0.0428. The van der Waals surface area contributed by atoms with Gasteiger partial charge >= 0.3 is 11.8 Å². The zero-order chi connectivity index (χ0) is 18.7. The molecule has 2 amide bonds. The average Bonchev–Trinajstić information content (AvgIpc) is 3.14. The van der Waals surface area contributed by atoms with Gasteiger partial charge in [0, 0.05) is 21.0 Å². The van der Waals surface area contributed by atoms with Crippen molar-refractivity contribution in [3.63, 3.8) is 0 Å². The molecule has 4 aliphatic rings. The van der Waals surface area contributed by atoms with Crippen molar-refractivity contribution in [3.05, 3.63) is 0 Å². The summed E-state index contributed by atoms with van der Waals surface area (Å²) in [5.41, 5.74) is 0. The molecule has 8 nitrogen and oxygen atoms in total. The van der Waals surface area contributed by atoms with Crippen LogP contribution in [0.25, 0.3) is 0 Å². The van der Waals surface area contributed by atoms with Crippen LogP contribution in [0, 0.1) is 0 Å². The number of sulfone groups is 2. The lowest BCUT2D eigenvalue weighted by Gasteiger charge is -1.99. The number of nitrogens with zero attached hydrogens (tertiary/aromatic N) is 2. The lowest BCUT2D eigenvalue weighted by molar-refractivity contribution is -0.134. The average molecular weight is 473 g/mol. The van der Waals surface area contributed by atoms with Gasteiger partial charge in [0.1, 0.15) is 8.75 Å². The van der Waals surface area contributed by atoms with Gasteiger partial charge in [0.2, 0.25) is 0 Å². The van der Waals surface area contributed by atoms with Crippen molar-refractivity contribution < 1.29 is 26.4 Å². The van der Waals surface area contributed by atoms with Crippen molar-refractivity contribution in [2.75, 3.05) is 23.0 Å². The number of thioether (sulfide) groups is 4. The summed E-state index contributed by atoms with van der Waals surface area (Å²) in [6.07, 6.45) is 0. The van der Waals surface area contributed by atoms with Crippen molar-refractivity contribution in [2.24, 2.45) is 9.98 Å². The molecule has 26 heavy (non-hydrogen) atoms. The van der Waals surface area contributed by atoms with E-state index < -0.39 is 31.5 Å². The summed E-state index contributed by atoms with van der Waals surface area (Å²) < 4.78 is 47.0. The van der Waals surface area contributed by atoms with Gasteiger partial charge < -0.3 is 0 Å². The highest BCUT2D eigenvalue weighted by molar-refractivity contribution is 8.43. The number of fused-ring (bicyclic) bond motifs is 2. The molecule has 0 saturated carbocycles. The maximum Gasteiger partial charge on any atom is 0.338 e. The van der Waals surface area contributed by atoms with Crippen LogP contribution in [0.2, 0.25) is 0 Å². The van der Waals surface area contributed by atoms with E-state index in [1.54, 1.807) is 0 Å². The molecule has 0 aromatic carbocycles. The van der Waals surface area contributed by atoms with Gasteiger partial charge in [-0.2, -0.15) is 9.98 Å². The van der Waals surface area contributed by atoms with Crippen LogP contribution in [-0.4, -0.2) is 81.4 Å². The first-order chi connectivity index (χ1) is 12.1. The van der Waals surface area contributed by atoms with Gasteiger partial charge in [-0.1, -0.05) is 47.0 Å². The van der Waals surface area contributed by atoms with E-state index >= 15 is 0 Å². The molecule has 0 spiro atoms. The Bertz CT molecular complexity index is 833. The Morgan fingerprint density at radius 2 is 0.923 bits per heavy atom. The summed E-state index contributed by atoms with van der Waals surface area (Å²) in [7, 11) is -6.05. The van der Waals surface area contributed by atoms with E-state index in [1.807, 2.05) is 0 Å². The molecule has 0 aliphatic carbocycles. The Balaban J connectivity index is 1.37. The van der Waals surface area contributed by atoms with E-state index in [4.69, 9.17) is 0 Å². The van der Waals surface area contributed by atoms with E-state index in [-0.39, 0.29) is 44.0 Å². The molecular formula is C12H12N2O6S6. The number of hydrogen-bond acceptors (Lipinski definition) is 10. The standard InChI is InChI=1S/C12H12N2O6S6/c15-9(13-11-21-5-1-25(17,18)2-6(5)22-11)10(16)14-12-23-7-3-26(19,20)4-8(7)24-12/h5-8H,1-4H2/t5-,6-,7-,8-/m1/s1. The van der Waals surface area contributed by atoms with Crippen molar-refractivity contribution in [3.8, 4) is 0 Å². The van der Waals surface area contributed by atoms with Gasteiger partial charge in [0.25, 0.3) is 0 Å². The molecule has 0 unspecified atom stereocenters. The molecule has 0 bridgehead atoms. The van der Waals surface area contributed by atoms with Crippen LogP contribution in [0.4, 0.5) is 0 Å². The smallest absolute Gasteiger partial charge is 0.261 e. The van der Waals surface area contributed by atoms with Gasteiger partial charge in [0.05, 0.1) is 23.0 Å². The minimum Gasteiger partial charge on any atom is -0.261 e. The minimum atomic E-state index is -3.02. The van der Waals surface area contributed by atoms with Crippen molar-refractivity contribution >= 4 is 87.3 Å². The third-order valence-corrected chi connectivity index (χ3v) is 14.3. The molecule has 0 N–H and O–H groups in total. The summed E-state index contributed by atoms with van der Waals surface area (Å²) in [6, 6.07) is 0. The molecule has 4 atom stereocenters. The van der Waals surface area contributed by atoms with Crippen molar-refractivity contribution in [2.45, 2.75) is 21.0 Å². The lowest BCUT2D eigenvalue weighted by Crippen LogP contribution is -2.12. The second-order valence-corrected chi connectivity index (χ2v) is 15.9. The second-order valence-electron chi connectivity index (χ2n) is 6.14. The van der Waals surface area contributed by atoms with E-state index in [9.17, 15) is 26.4 Å². The molecule has 4 fully saturated rings. The highest BCUT2D eigenvalue weighted by Gasteiger charge is 2.46. The summed E-state index contributed by atoms with van der Waals surface area (Å²) in [5, 5.41) is -0.499. The summed E-state index contributed by atoms with van der Waals surface area (Å²) >= 11 is 4.88. The lowest BCUT2D eigenvalue weighted by atomic mass is 10.4. The maximum atomic E-state index is 12.0. The number of rotatable bonds is 0. The number of amides is 2. The van der Waals surface area contributed by atoms with Crippen LogP contribution >= 0.6 is 47.0 Å². The van der Waals surface area contributed by atoms with E-state index in [0.29, 0.717) is 8.75 Å². The summed E-state index contributed by atoms with van der Waals surface area (Å²) in [5.74, 6) is -1.70. The minimum absolute atomic E-state index is 0.0672. The topological polar surface area (TPSA) is 127 Å². The maximum absolute atomic E-state index is 12.0. The van der Waals surface area contributed by atoms with E-state index in [0.717, 1.165) is 0 Å². The fourth-order valence-corrected chi connectivity index (χ4v) is 15.4. The SMILES string of the molecule is O=C(N=C1S[C@@H]2CS(=O)(=O)C[C@H]2S1)C(=O)N=C1S[C@@H]2CS(=O)(=O)C[C@H]2S1. The molecule has 0 aromatic heterocycles. The van der Waals surface area contributed by atoms with Crippen LogP contribution in [0.15, 0.2) is 9.98 Å². The van der Waals surface area contributed by atoms with E-state index in [1.165, 1.54) is 47.0 Å². The number of carbonyl (C=O) groups excluding carboxylic acids is 2. The third kappa shape index (κ3) is 4.04. The Morgan fingerprint density at radius 1 is 0.654 bits per heavy atom.